The van der Waals surface area contributed by atoms with Crippen molar-refractivity contribution in [3.8, 4) is 0 Å². The molecule has 0 aromatic heterocycles. The number of rotatable bonds is 3. The number of nitrogens with zero attached hydrogens (tertiary/aromatic N) is 2. The summed E-state index contributed by atoms with van der Waals surface area (Å²) in [7, 11) is 1.86. The first-order valence-corrected chi connectivity index (χ1v) is 4.65. The number of alkyl carbamates (subject to hydrolysis) is 1. The molecule has 0 fully saturated rings. The lowest BCUT2D eigenvalue weighted by atomic mass is 10.3. The van der Waals surface area contributed by atoms with Gasteiger partial charge in [0.15, 0.2) is 13.3 Å². The van der Waals surface area contributed by atoms with Crippen molar-refractivity contribution in [3.05, 3.63) is 0 Å². The largest absolute Gasteiger partial charge is 0.447 e. The highest BCUT2D eigenvalue weighted by Gasteiger charge is 2.13. The van der Waals surface area contributed by atoms with Crippen molar-refractivity contribution >= 4 is 18.0 Å². The van der Waals surface area contributed by atoms with Gasteiger partial charge in [-0.05, 0) is 18.9 Å². The van der Waals surface area contributed by atoms with E-state index in [0.717, 1.165) is 12.1 Å². The number of nitrogens with one attached hydrogen (secondary N) is 1. The fourth-order valence-electron chi connectivity index (χ4n) is 1.08. The molecule has 14 heavy (non-hydrogen) atoms. The topological polar surface area (TPSA) is 53.7 Å². The van der Waals surface area contributed by atoms with E-state index in [1.54, 1.807) is 4.68 Å². The Morgan fingerprint density at radius 3 is 3.00 bits per heavy atom. The van der Waals surface area contributed by atoms with Gasteiger partial charge in [0.05, 0.1) is 19.1 Å². The Balaban J connectivity index is 2.22. The average molecular weight is 198 g/mol. The third-order valence-corrected chi connectivity index (χ3v) is 1.67. The van der Waals surface area contributed by atoms with E-state index in [-0.39, 0.29) is 6.10 Å². The highest BCUT2D eigenvalue weighted by molar-refractivity contribution is 5.98. The van der Waals surface area contributed by atoms with Crippen LogP contribution in [0, 0.1) is 0 Å². The van der Waals surface area contributed by atoms with E-state index in [1.807, 2.05) is 27.1 Å². The molecular formula is C9H16N3O2+. The van der Waals surface area contributed by atoms with Gasteiger partial charge < -0.3 is 10.1 Å². The number of hydrogen-bond acceptors (Lipinski definition) is 3. The lowest BCUT2D eigenvalue weighted by molar-refractivity contribution is -0.494. The number of amides is 1. The molecule has 1 aliphatic heterocycles. The molecule has 1 amide bonds. The molecule has 0 bridgehead atoms. The smallest absolute Gasteiger partial charge is 0.407 e. The molecule has 78 valence electrons. The van der Waals surface area contributed by atoms with Crippen LogP contribution in [0.15, 0.2) is 5.10 Å². The molecule has 1 heterocycles. The van der Waals surface area contributed by atoms with Crippen LogP contribution < -0.4 is 5.32 Å². The van der Waals surface area contributed by atoms with Crippen LogP contribution in [0.1, 0.15) is 20.3 Å². The zero-order valence-electron chi connectivity index (χ0n) is 8.78. The van der Waals surface area contributed by atoms with E-state index in [9.17, 15) is 4.79 Å². The molecule has 0 aromatic carbocycles. The van der Waals surface area contributed by atoms with Gasteiger partial charge in [0, 0.05) is 0 Å². The van der Waals surface area contributed by atoms with Gasteiger partial charge in [0.1, 0.15) is 5.71 Å². The lowest BCUT2D eigenvalue weighted by Crippen LogP contribution is -2.31. The molecule has 0 atom stereocenters. The van der Waals surface area contributed by atoms with Crippen molar-refractivity contribution in [1.82, 2.24) is 5.32 Å². The van der Waals surface area contributed by atoms with Crippen LogP contribution in [0.3, 0.4) is 0 Å². The standard InChI is InChI=1S/C9H15N3O2/c1-7(2)14-9(13)10-6-8-4-5-12(3)11-8/h5,7H,4,6H2,1-3H3/p+1. The number of carbonyl (C=O) groups excluding carboxylic acids is 1. The van der Waals surface area contributed by atoms with Crippen molar-refractivity contribution in [3.63, 3.8) is 0 Å². The molecule has 5 nitrogen and oxygen atoms in total. The van der Waals surface area contributed by atoms with E-state index >= 15 is 0 Å². The third-order valence-electron chi connectivity index (χ3n) is 1.67. The maximum Gasteiger partial charge on any atom is 0.407 e. The molecular weight excluding hydrogens is 182 g/mol. The van der Waals surface area contributed by atoms with Crippen LogP contribution in [0.5, 0.6) is 0 Å². The van der Waals surface area contributed by atoms with E-state index in [4.69, 9.17) is 4.74 Å². The first-order valence-electron chi connectivity index (χ1n) is 4.65. The molecule has 0 aromatic rings. The van der Waals surface area contributed by atoms with Gasteiger partial charge >= 0.3 is 6.09 Å². The molecule has 1 aliphatic rings. The number of carbonyl (C=O) groups is 1. The van der Waals surface area contributed by atoms with Crippen LogP contribution in [0.2, 0.25) is 0 Å². The Hall–Kier alpha value is -1.39. The van der Waals surface area contributed by atoms with Gasteiger partial charge in [-0.1, -0.05) is 4.68 Å². The first kappa shape index (κ1) is 10.7. The summed E-state index contributed by atoms with van der Waals surface area (Å²) in [5, 5.41) is 6.80. The molecule has 5 heteroatoms. The second-order valence-corrected chi connectivity index (χ2v) is 3.43. The number of ether oxygens (including phenoxy) is 1. The van der Waals surface area contributed by atoms with Crippen LogP contribution in [-0.4, -0.2) is 42.4 Å². The average Bonchev–Trinajstić information content (AvgIpc) is 2.47. The van der Waals surface area contributed by atoms with Crippen LogP contribution in [0.25, 0.3) is 0 Å². The van der Waals surface area contributed by atoms with Crippen molar-refractivity contribution in [2.24, 2.45) is 5.10 Å². The fraction of sp³-hybridized carbons (Fsp3) is 0.667. The third kappa shape index (κ3) is 3.55. The molecule has 0 unspecified atom stereocenters. The molecule has 0 saturated heterocycles. The van der Waals surface area contributed by atoms with Gasteiger partial charge in [-0.15, -0.1) is 0 Å². The van der Waals surface area contributed by atoms with E-state index in [2.05, 4.69) is 10.4 Å². The fourth-order valence-corrected chi connectivity index (χ4v) is 1.08. The quantitative estimate of drug-likeness (QED) is 0.675. The summed E-state index contributed by atoms with van der Waals surface area (Å²) in [4.78, 5) is 11.1. The molecule has 1 rings (SSSR count). The zero-order chi connectivity index (χ0) is 10.6. The van der Waals surface area contributed by atoms with Crippen molar-refractivity contribution in [2.45, 2.75) is 26.4 Å². The van der Waals surface area contributed by atoms with Gasteiger partial charge in [0.2, 0.25) is 0 Å². The Bertz CT molecular complexity index is 282. The monoisotopic (exact) mass is 198 g/mol. The molecule has 0 radical (unpaired) electrons. The van der Waals surface area contributed by atoms with Crippen molar-refractivity contribution in [2.75, 3.05) is 13.6 Å². The number of hydrazone groups is 1. The Morgan fingerprint density at radius 1 is 1.79 bits per heavy atom. The normalized spacial score (nSPS) is 15.1. The highest BCUT2D eigenvalue weighted by atomic mass is 16.6. The van der Waals surface area contributed by atoms with Gasteiger partial charge in [-0.2, -0.15) is 0 Å². The number of hydrogen-bond donors (Lipinski definition) is 1. The minimum Gasteiger partial charge on any atom is -0.447 e. The Morgan fingerprint density at radius 2 is 2.50 bits per heavy atom. The molecule has 0 saturated carbocycles. The summed E-state index contributed by atoms with van der Waals surface area (Å²) in [5.41, 5.74) is 0.938. The van der Waals surface area contributed by atoms with Crippen LogP contribution in [0.4, 0.5) is 4.79 Å². The van der Waals surface area contributed by atoms with Crippen LogP contribution >= 0.6 is 0 Å². The SMILES string of the molecule is CC(C)OC(=O)NCC1=N[N+](C)=CC1. The van der Waals surface area contributed by atoms with Crippen LogP contribution in [-0.2, 0) is 4.74 Å². The Kier molecular flexibility index (Phi) is 3.62. The summed E-state index contributed by atoms with van der Waals surface area (Å²) < 4.78 is 6.65. The summed E-state index contributed by atoms with van der Waals surface area (Å²) in [6.07, 6.45) is 2.26. The van der Waals surface area contributed by atoms with Crippen molar-refractivity contribution in [1.29, 1.82) is 0 Å². The minimum absolute atomic E-state index is 0.0882. The maximum atomic E-state index is 11.1. The second-order valence-electron chi connectivity index (χ2n) is 3.43. The van der Waals surface area contributed by atoms with Gasteiger partial charge in [-0.25, -0.2) is 4.79 Å². The highest BCUT2D eigenvalue weighted by Crippen LogP contribution is 1.93. The van der Waals surface area contributed by atoms with E-state index in [1.165, 1.54) is 0 Å². The minimum atomic E-state index is -0.391. The summed E-state index contributed by atoms with van der Waals surface area (Å²) >= 11 is 0. The van der Waals surface area contributed by atoms with Gasteiger partial charge in [0.25, 0.3) is 0 Å². The zero-order valence-corrected chi connectivity index (χ0v) is 8.78. The van der Waals surface area contributed by atoms with Crippen molar-refractivity contribution < 1.29 is 14.2 Å². The Labute approximate surface area is 83.4 Å². The predicted molar refractivity (Wildman–Crippen MR) is 53.9 cm³/mol. The van der Waals surface area contributed by atoms with Gasteiger partial charge in [-0.3, -0.25) is 0 Å². The predicted octanol–water partition coefficient (Wildman–Crippen LogP) is 0.594. The second kappa shape index (κ2) is 4.74. The molecule has 0 aliphatic carbocycles. The van der Waals surface area contributed by atoms with E-state index in [0.29, 0.717) is 6.54 Å². The summed E-state index contributed by atoms with van der Waals surface area (Å²) in [5.74, 6) is 0. The lowest BCUT2D eigenvalue weighted by Gasteiger charge is -2.08. The van der Waals surface area contributed by atoms with E-state index < -0.39 is 6.09 Å². The summed E-state index contributed by atoms with van der Waals surface area (Å²) in [6.45, 7) is 4.08. The molecule has 0 spiro atoms. The molecule has 1 N–H and O–H groups in total. The summed E-state index contributed by atoms with van der Waals surface area (Å²) in [6, 6.07) is 0. The maximum absolute atomic E-state index is 11.1. The first-order chi connectivity index (χ1) is 6.58.